The van der Waals surface area contributed by atoms with Gasteiger partial charge in [0.25, 0.3) is 0 Å². The molecule has 4 heteroatoms. The first kappa shape index (κ1) is 11.9. The monoisotopic (exact) mass is 412 g/mol. The van der Waals surface area contributed by atoms with E-state index < -0.39 is 0 Å². The molecule has 0 N–H and O–H groups in total. The van der Waals surface area contributed by atoms with E-state index >= 15 is 0 Å². The van der Waals surface area contributed by atoms with Crippen LogP contribution in [0.2, 0.25) is 5.02 Å². The lowest BCUT2D eigenvalue weighted by Crippen LogP contribution is -1.90. The molecule has 0 fully saturated rings. The molecule has 0 saturated carbocycles. The Morgan fingerprint density at radius 2 is 2.13 bits per heavy atom. The normalized spacial score (nSPS) is 12.7. The van der Waals surface area contributed by atoms with E-state index in [1.807, 2.05) is 12.1 Å². The Morgan fingerprint density at radius 3 is 2.73 bits per heavy atom. The molecule has 2 rings (SSSR count). The first-order valence-corrected chi connectivity index (χ1v) is 7.56. The minimum atomic E-state index is 0.243. The molecule has 0 radical (unpaired) electrons. The van der Waals surface area contributed by atoms with Crippen LogP contribution in [0.25, 0.3) is 0 Å². The molecule has 0 amide bonds. The number of rotatable bonds is 2. The van der Waals surface area contributed by atoms with Crippen LogP contribution in [0.15, 0.2) is 35.7 Å². The lowest BCUT2D eigenvalue weighted by Gasteiger charge is -2.08. The Hall–Kier alpha value is 0.420. The first-order chi connectivity index (χ1) is 7.18. The summed E-state index contributed by atoms with van der Waals surface area (Å²) in [5.41, 5.74) is 1.20. The third-order valence-corrected chi connectivity index (χ3v) is 5.86. The van der Waals surface area contributed by atoms with Gasteiger partial charge in [0.05, 0.1) is 9.85 Å². The van der Waals surface area contributed by atoms with Crippen LogP contribution in [0.5, 0.6) is 0 Å². The third kappa shape index (κ3) is 2.75. The zero-order valence-corrected chi connectivity index (χ0v) is 12.9. The first-order valence-electron chi connectivity index (χ1n) is 4.31. The van der Waals surface area contributed by atoms with Crippen LogP contribution in [0, 0.1) is 3.57 Å². The van der Waals surface area contributed by atoms with Gasteiger partial charge in [0.15, 0.2) is 0 Å². The summed E-state index contributed by atoms with van der Waals surface area (Å²) in [6.45, 7) is 0. The van der Waals surface area contributed by atoms with E-state index in [0.717, 1.165) is 8.59 Å². The van der Waals surface area contributed by atoms with Crippen molar-refractivity contribution in [3.05, 3.63) is 54.7 Å². The quantitative estimate of drug-likeness (QED) is 0.451. The molecule has 1 aromatic heterocycles. The van der Waals surface area contributed by atoms with Crippen LogP contribution >= 0.6 is 61.5 Å². The van der Waals surface area contributed by atoms with Gasteiger partial charge in [0.2, 0.25) is 0 Å². The highest BCUT2D eigenvalue weighted by molar-refractivity contribution is 14.1. The summed E-state index contributed by atoms with van der Waals surface area (Å²) in [6, 6.07) is 10.3. The highest BCUT2D eigenvalue weighted by Crippen LogP contribution is 2.35. The molecule has 0 saturated heterocycles. The highest BCUT2D eigenvalue weighted by Gasteiger charge is 2.12. The topological polar surface area (TPSA) is 0 Å². The maximum Gasteiger partial charge on any atom is 0.0738 e. The van der Waals surface area contributed by atoms with Crippen molar-refractivity contribution in [2.24, 2.45) is 0 Å². The zero-order valence-electron chi connectivity index (χ0n) is 7.58. The van der Waals surface area contributed by atoms with E-state index in [9.17, 15) is 0 Å². The van der Waals surface area contributed by atoms with E-state index in [1.54, 1.807) is 11.3 Å². The van der Waals surface area contributed by atoms with E-state index in [-0.39, 0.29) is 4.83 Å². The number of benzene rings is 1. The molecular formula is C11H7BrClIS. The van der Waals surface area contributed by atoms with Gasteiger partial charge in [-0.25, -0.2) is 0 Å². The van der Waals surface area contributed by atoms with Crippen LogP contribution in [0.3, 0.4) is 0 Å². The van der Waals surface area contributed by atoms with Crippen molar-refractivity contribution in [3.8, 4) is 0 Å². The lowest BCUT2D eigenvalue weighted by molar-refractivity contribution is 1.22. The van der Waals surface area contributed by atoms with E-state index in [1.165, 1.54) is 10.4 Å². The second-order valence-corrected chi connectivity index (χ2v) is 6.52. The summed E-state index contributed by atoms with van der Waals surface area (Å²) in [4.78, 5) is 1.54. The Bertz CT molecular complexity index is 456. The van der Waals surface area contributed by atoms with Crippen molar-refractivity contribution >= 4 is 61.5 Å². The number of alkyl halides is 1. The van der Waals surface area contributed by atoms with Gasteiger partial charge in [-0.05, 0) is 51.7 Å². The fourth-order valence-electron chi connectivity index (χ4n) is 1.27. The molecule has 0 aliphatic heterocycles. The van der Waals surface area contributed by atoms with Crippen LogP contribution in [0.1, 0.15) is 15.3 Å². The predicted octanol–water partition coefficient (Wildman–Crippen LogP) is 5.49. The van der Waals surface area contributed by atoms with Gasteiger partial charge in [0.1, 0.15) is 0 Å². The SMILES string of the molecule is Clc1cc(C(Br)c2cccs2)ccc1I. The fourth-order valence-corrected chi connectivity index (χ4v) is 3.28. The number of hydrogen-bond acceptors (Lipinski definition) is 1. The summed E-state index contributed by atoms with van der Waals surface area (Å²) < 4.78 is 1.09. The van der Waals surface area contributed by atoms with Crippen LogP contribution in [0.4, 0.5) is 0 Å². The molecular weight excluding hydrogens is 406 g/mol. The predicted molar refractivity (Wildman–Crippen MR) is 79.3 cm³/mol. The largest absolute Gasteiger partial charge is 0.147 e. The second kappa shape index (κ2) is 5.17. The molecule has 0 bridgehead atoms. The van der Waals surface area contributed by atoms with Crippen LogP contribution in [-0.4, -0.2) is 0 Å². The Balaban J connectivity index is 2.34. The molecule has 0 aliphatic rings. The molecule has 2 aromatic rings. The van der Waals surface area contributed by atoms with Crippen molar-refractivity contribution < 1.29 is 0 Å². The van der Waals surface area contributed by atoms with Gasteiger partial charge in [-0.3, -0.25) is 0 Å². The van der Waals surface area contributed by atoms with Gasteiger partial charge >= 0.3 is 0 Å². The number of halogens is 3. The molecule has 1 atom stereocenters. The second-order valence-electron chi connectivity index (χ2n) is 3.05. The molecule has 0 aliphatic carbocycles. The molecule has 78 valence electrons. The summed E-state index contributed by atoms with van der Waals surface area (Å²) >= 11 is 13.8. The van der Waals surface area contributed by atoms with Crippen molar-refractivity contribution in [1.29, 1.82) is 0 Å². The maximum atomic E-state index is 6.09. The van der Waals surface area contributed by atoms with Gasteiger partial charge < -0.3 is 0 Å². The lowest BCUT2D eigenvalue weighted by atomic mass is 10.1. The van der Waals surface area contributed by atoms with Crippen molar-refractivity contribution in [2.45, 2.75) is 4.83 Å². The van der Waals surface area contributed by atoms with Gasteiger partial charge in [-0.1, -0.05) is 39.7 Å². The number of hydrogen-bond donors (Lipinski definition) is 0. The number of thiophene rings is 1. The Morgan fingerprint density at radius 1 is 1.33 bits per heavy atom. The Kier molecular flexibility index (Phi) is 4.10. The van der Waals surface area contributed by atoms with E-state index in [4.69, 9.17) is 11.6 Å². The van der Waals surface area contributed by atoms with E-state index in [0.29, 0.717) is 0 Å². The standard InChI is InChI=1S/C11H7BrClIS/c12-11(10-2-1-5-15-10)7-3-4-9(14)8(13)6-7/h1-6,11H. The zero-order chi connectivity index (χ0) is 10.8. The van der Waals surface area contributed by atoms with Gasteiger partial charge in [-0.2, -0.15) is 0 Å². The molecule has 15 heavy (non-hydrogen) atoms. The minimum absolute atomic E-state index is 0.243. The van der Waals surface area contributed by atoms with Crippen LogP contribution < -0.4 is 0 Å². The summed E-state index contributed by atoms with van der Waals surface area (Å²) in [5, 5.41) is 2.90. The molecule has 0 spiro atoms. The fraction of sp³-hybridized carbons (Fsp3) is 0.0909. The van der Waals surface area contributed by atoms with E-state index in [2.05, 4.69) is 62.1 Å². The summed E-state index contributed by atoms with van der Waals surface area (Å²) in [6.07, 6.45) is 0. The Labute approximate surface area is 120 Å². The highest BCUT2D eigenvalue weighted by atomic mass is 127. The summed E-state index contributed by atoms with van der Waals surface area (Å²) in [5.74, 6) is 0. The van der Waals surface area contributed by atoms with Crippen molar-refractivity contribution in [2.75, 3.05) is 0 Å². The average Bonchev–Trinajstić information content (AvgIpc) is 2.74. The molecule has 1 aromatic carbocycles. The van der Waals surface area contributed by atoms with Crippen molar-refractivity contribution in [3.63, 3.8) is 0 Å². The smallest absolute Gasteiger partial charge is 0.0738 e. The van der Waals surface area contributed by atoms with Crippen LogP contribution in [-0.2, 0) is 0 Å². The maximum absolute atomic E-state index is 6.09. The van der Waals surface area contributed by atoms with Crippen molar-refractivity contribution in [1.82, 2.24) is 0 Å². The van der Waals surface area contributed by atoms with Gasteiger partial charge in [0, 0.05) is 8.45 Å². The average molecular weight is 414 g/mol. The molecule has 0 nitrogen and oxygen atoms in total. The summed E-state index contributed by atoms with van der Waals surface area (Å²) in [7, 11) is 0. The third-order valence-electron chi connectivity index (χ3n) is 2.03. The molecule has 1 heterocycles. The van der Waals surface area contributed by atoms with Gasteiger partial charge in [-0.15, -0.1) is 11.3 Å². The minimum Gasteiger partial charge on any atom is -0.147 e. The molecule has 1 unspecified atom stereocenters.